The molecule has 0 aliphatic carbocycles. The Bertz CT molecular complexity index is 206. The molecule has 17 heavy (non-hydrogen) atoms. The summed E-state index contributed by atoms with van der Waals surface area (Å²) in [4.78, 5) is 5.24. The lowest BCUT2D eigenvalue weighted by molar-refractivity contribution is 0.0955. The molecule has 2 aliphatic heterocycles. The van der Waals surface area contributed by atoms with E-state index in [0.29, 0.717) is 0 Å². The van der Waals surface area contributed by atoms with E-state index in [-0.39, 0.29) is 0 Å². The van der Waals surface area contributed by atoms with Gasteiger partial charge in [-0.05, 0) is 39.3 Å². The molecule has 1 N–H and O–H groups in total. The quantitative estimate of drug-likeness (QED) is 0.803. The Kier molecular flexibility index (Phi) is 5.26. The normalized spacial score (nSPS) is 30.4. The highest BCUT2D eigenvalue weighted by Crippen LogP contribution is 2.16. The van der Waals surface area contributed by atoms with Crippen molar-refractivity contribution < 1.29 is 0 Å². The summed E-state index contributed by atoms with van der Waals surface area (Å²) in [6, 6.07) is 1.53. The van der Waals surface area contributed by atoms with Crippen molar-refractivity contribution in [1.82, 2.24) is 15.1 Å². The van der Waals surface area contributed by atoms with Gasteiger partial charge in [0.05, 0.1) is 0 Å². The van der Waals surface area contributed by atoms with E-state index in [1.165, 1.54) is 65.0 Å². The van der Waals surface area contributed by atoms with Gasteiger partial charge in [-0.3, -0.25) is 4.90 Å². The summed E-state index contributed by atoms with van der Waals surface area (Å²) in [5, 5.41) is 3.67. The standard InChI is InChI=1S/C14H29N3/c1-3-16-8-10-17(11-9-16)13(2)12-14-6-4-5-7-15-14/h13-15H,3-12H2,1-2H3. The molecule has 2 fully saturated rings. The average Bonchev–Trinajstić information content (AvgIpc) is 2.40. The second-order valence-electron chi connectivity index (χ2n) is 5.70. The first-order valence-corrected chi connectivity index (χ1v) is 7.49. The molecule has 0 amide bonds. The molecule has 2 heterocycles. The van der Waals surface area contributed by atoms with Crippen LogP contribution in [0.15, 0.2) is 0 Å². The van der Waals surface area contributed by atoms with Gasteiger partial charge in [-0.2, -0.15) is 0 Å². The summed E-state index contributed by atoms with van der Waals surface area (Å²) in [7, 11) is 0. The molecular weight excluding hydrogens is 210 g/mol. The van der Waals surface area contributed by atoms with Crippen molar-refractivity contribution in [2.45, 2.75) is 51.6 Å². The van der Waals surface area contributed by atoms with E-state index >= 15 is 0 Å². The number of rotatable bonds is 4. The van der Waals surface area contributed by atoms with Gasteiger partial charge in [-0.25, -0.2) is 0 Å². The average molecular weight is 239 g/mol. The third-order valence-corrected chi connectivity index (χ3v) is 4.52. The van der Waals surface area contributed by atoms with E-state index in [0.717, 1.165) is 12.1 Å². The molecule has 0 aromatic carbocycles. The summed E-state index contributed by atoms with van der Waals surface area (Å²) in [5.41, 5.74) is 0. The van der Waals surface area contributed by atoms with Gasteiger partial charge in [0.25, 0.3) is 0 Å². The summed E-state index contributed by atoms with van der Waals surface area (Å²) in [6.07, 6.45) is 5.53. The van der Waals surface area contributed by atoms with Crippen molar-refractivity contribution in [3.63, 3.8) is 0 Å². The molecule has 3 nitrogen and oxygen atoms in total. The fourth-order valence-electron chi connectivity index (χ4n) is 3.21. The van der Waals surface area contributed by atoms with Gasteiger partial charge in [0.2, 0.25) is 0 Å². The van der Waals surface area contributed by atoms with Crippen LogP contribution < -0.4 is 5.32 Å². The second kappa shape index (κ2) is 6.72. The smallest absolute Gasteiger partial charge is 0.0113 e. The highest BCUT2D eigenvalue weighted by Gasteiger charge is 2.23. The molecule has 0 bridgehead atoms. The van der Waals surface area contributed by atoms with E-state index in [2.05, 4.69) is 29.0 Å². The van der Waals surface area contributed by atoms with Crippen LogP contribution in [0.4, 0.5) is 0 Å². The number of piperazine rings is 1. The number of likely N-dealkylation sites (N-methyl/N-ethyl adjacent to an activating group) is 1. The third-order valence-electron chi connectivity index (χ3n) is 4.52. The Morgan fingerprint density at radius 1 is 1.18 bits per heavy atom. The lowest BCUT2D eigenvalue weighted by atomic mass is 9.98. The zero-order valence-electron chi connectivity index (χ0n) is 11.6. The molecular formula is C14H29N3. The molecule has 2 aliphatic rings. The van der Waals surface area contributed by atoms with Crippen LogP contribution >= 0.6 is 0 Å². The van der Waals surface area contributed by atoms with Crippen LogP contribution in [0.3, 0.4) is 0 Å². The molecule has 2 unspecified atom stereocenters. The van der Waals surface area contributed by atoms with Gasteiger partial charge in [0, 0.05) is 38.3 Å². The molecule has 2 rings (SSSR count). The van der Waals surface area contributed by atoms with Crippen LogP contribution in [-0.2, 0) is 0 Å². The highest BCUT2D eigenvalue weighted by atomic mass is 15.3. The van der Waals surface area contributed by atoms with E-state index in [1.54, 1.807) is 0 Å². The molecule has 0 aromatic heterocycles. The van der Waals surface area contributed by atoms with Crippen molar-refractivity contribution in [3.05, 3.63) is 0 Å². The number of hydrogen-bond acceptors (Lipinski definition) is 3. The summed E-state index contributed by atoms with van der Waals surface area (Å²) >= 11 is 0. The number of piperidine rings is 1. The van der Waals surface area contributed by atoms with Crippen molar-refractivity contribution in [2.75, 3.05) is 39.3 Å². The van der Waals surface area contributed by atoms with Crippen molar-refractivity contribution in [1.29, 1.82) is 0 Å². The van der Waals surface area contributed by atoms with Crippen LogP contribution in [0.1, 0.15) is 39.5 Å². The van der Waals surface area contributed by atoms with Crippen LogP contribution in [0.2, 0.25) is 0 Å². The van der Waals surface area contributed by atoms with E-state index in [4.69, 9.17) is 0 Å². The Labute approximate surface area is 107 Å². The van der Waals surface area contributed by atoms with E-state index in [1.807, 2.05) is 0 Å². The zero-order valence-corrected chi connectivity index (χ0v) is 11.6. The molecule has 0 saturated carbocycles. The predicted octanol–water partition coefficient (Wildman–Crippen LogP) is 1.54. The van der Waals surface area contributed by atoms with Crippen LogP contribution in [0.25, 0.3) is 0 Å². The Morgan fingerprint density at radius 2 is 1.94 bits per heavy atom. The molecule has 0 spiro atoms. The number of nitrogens with one attached hydrogen (secondary N) is 1. The summed E-state index contributed by atoms with van der Waals surface area (Å²) < 4.78 is 0. The van der Waals surface area contributed by atoms with Gasteiger partial charge in [0.1, 0.15) is 0 Å². The number of hydrogen-bond donors (Lipinski definition) is 1. The van der Waals surface area contributed by atoms with Crippen LogP contribution in [0.5, 0.6) is 0 Å². The first kappa shape index (κ1) is 13.3. The minimum Gasteiger partial charge on any atom is -0.314 e. The molecule has 2 saturated heterocycles. The summed E-state index contributed by atoms with van der Waals surface area (Å²) in [6.45, 7) is 12.2. The van der Waals surface area contributed by atoms with Gasteiger partial charge in [-0.15, -0.1) is 0 Å². The first-order chi connectivity index (χ1) is 8.29. The fraction of sp³-hybridized carbons (Fsp3) is 1.00. The number of nitrogens with zero attached hydrogens (tertiary/aromatic N) is 2. The van der Waals surface area contributed by atoms with Crippen molar-refractivity contribution in [3.8, 4) is 0 Å². The maximum absolute atomic E-state index is 3.67. The minimum atomic E-state index is 0.754. The molecule has 100 valence electrons. The van der Waals surface area contributed by atoms with Crippen molar-refractivity contribution >= 4 is 0 Å². The van der Waals surface area contributed by atoms with Crippen molar-refractivity contribution in [2.24, 2.45) is 0 Å². The summed E-state index contributed by atoms with van der Waals surface area (Å²) in [5.74, 6) is 0. The molecule has 0 aromatic rings. The maximum atomic E-state index is 3.67. The molecule has 3 heteroatoms. The molecule has 0 radical (unpaired) electrons. The van der Waals surface area contributed by atoms with E-state index in [9.17, 15) is 0 Å². The highest BCUT2D eigenvalue weighted by molar-refractivity contribution is 4.81. The Morgan fingerprint density at radius 3 is 2.53 bits per heavy atom. The van der Waals surface area contributed by atoms with Gasteiger partial charge in [0.15, 0.2) is 0 Å². The largest absolute Gasteiger partial charge is 0.314 e. The maximum Gasteiger partial charge on any atom is 0.0113 e. The zero-order chi connectivity index (χ0) is 12.1. The Balaban J connectivity index is 1.70. The second-order valence-corrected chi connectivity index (χ2v) is 5.70. The van der Waals surface area contributed by atoms with Crippen LogP contribution in [0, 0.1) is 0 Å². The lowest BCUT2D eigenvalue weighted by Crippen LogP contribution is -2.51. The first-order valence-electron chi connectivity index (χ1n) is 7.49. The SMILES string of the molecule is CCN1CCN(C(C)CC2CCCCN2)CC1. The predicted molar refractivity (Wildman–Crippen MR) is 73.4 cm³/mol. The van der Waals surface area contributed by atoms with Gasteiger partial charge >= 0.3 is 0 Å². The fourth-order valence-corrected chi connectivity index (χ4v) is 3.21. The van der Waals surface area contributed by atoms with Gasteiger partial charge in [-0.1, -0.05) is 13.3 Å². The monoisotopic (exact) mass is 239 g/mol. The van der Waals surface area contributed by atoms with E-state index < -0.39 is 0 Å². The lowest BCUT2D eigenvalue weighted by Gasteiger charge is -2.39. The topological polar surface area (TPSA) is 18.5 Å². The van der Waals surface area contributed by atoms with Gasteiger partial charge < -0.3 is 10.2 Å². The van der Waals surface area contributed by atoms with Crippen LogP contribution in [-0.4, -0.2) is 61.2 Å². The molecule has 2 atom stereocenters. The minimum absolute atomic E-state index is 0.754. The third kappa shape index (κ3) is 3.94. The Hall–Kier alpha value is -0.120.